The van der Waals surface area contributed by atoms with Crippen molar-refractivity contribution in [3.05, 3.63) is 37.8 Å². The molecule has 1 rings (SSSR count). The molecule has 1 heterocycles. The molecule has 0 saturated heterocycles. The van der Waals surface area contributed by atoms with Gasteiger partial charge in [-0.25, -0.2) is 4.79 Å². The smallest absolute Gasteiger partial charge is 0.341 e. The lowest BCUT2D eigenvalue weighted by Gasteiger charge is -2.15. The maximum absolute atomic E-state index is 12.1. The number of carboxylic acid groups (broad SMARTS) is 1. The van der Waals surface area contributed by atoms with E-state index in [9.17, 15) is 24.8 Å². The van der Waals surface area contributed by atoms with Crippen molar-refractivity contribution in [2.45, 2.75) is 39.7 Å². The first kappa shape index (κ1) is 14.9. The van der Waals surface area contributed by atoms with Crippen LogP contribution in [0, 0.1) is 10.1 Å². The second-order valence-corrected chi connectivity index (χ2v) is 4.83. The maximum atomic E-state index is 12.1. The first-order valence-electron chi connectivity index (χ1n) is 5.85. The number of rotatable bonds is 4. The van der Waals surface area contributed by atoms with Gasteiger partial charge in [-0.05, 0) is 19.8 Å². The van der Waals surface area contributed by atoms with E-state index in [-0.39, 0.29) is 17.3 Å². The molecule has 1 aromatic heterocycles. The van der Waals surface area contributed by atoms with E-state index in [1.54, 1.807) is 27.7 Å². The zero-order valence-corrected chi connectivity index (χ0v) is 11.2. The Hall–Kier alpha value is -2.18. The van der Waals surface area contributed by atoms with Crippen molar-refractivity contribution in [3.63, 3.8) is 0 Å². The summed E-state index contributed by atoms with van der Waals surface area (Å²) in [7, 11) is 0. The Bertz CT molecular complexity index is 587. The summed E-state index contributed by atoms with van der Waals surface area (Å²) in [6.07, 6.45) is 1.12. The maximum Gasteiger partial charge on any atom is 0.341 e. The van der Waals surface area contributed by atoms with Crippen molar-refractivity contribution in [2.75, 3.05) is 0 Å². The van der Waals surface area contributed by atoms with Gasteiger partial charge in [-0.15, -0.1) is 0 Å². The molecule has 0 atom stereocenters. The third kappa shape index (κ3) is 2.64. The molecule has 0 radical (unpaired) electrons. The second-order valence-electron chi connectivity index (χ2n) is 4.83. The molecule has 0 aliphatic rings. The summed E-state index contributed by atoms with van der Waals surface area (Å²) in [6, 6.07) is -0.356. The van der Waals surface area contributed by atoms with Crippen LogP contribution in [-0.2, 0) is 0 Å². The van der Waals surface area contributed by atoms with Gasteiger partial charge in [0.1, 0.15) is 5.56 Å². The van der Waals surface area contributed by atoms with Gasteiger partial charge in [0.2, 0.25) is 0 Å². The summed E-state index contributed by atoms with van der Waals surface area (Å²) in [5.74, 6) is -1.87. The van der Waals surface area contributed by atoms with Crippen LogP contribution in [-0.4, -0.2) is 20.6 Å². The molecule has 19 heavy (non-hydrogen) atoms. The molecule has 0 aromatic carbocycles. The highest BCUT2D eigenvalue weighted by atomic mass is 16.6. The second kappa shape index (κ2) is 5.21. The number of hydrogen-bond donors (Lipinski definition) is 1. The zero-order valence-electron chi connectivity index (χ0n) is 11.2. The molecule has 0 fully saturated rings. The van der Waals surface area contributed by atoms with Gasteiger partial charge in [0.15, 0.2) is 0 Å². The summed E-state index contributed by atoms with van der Waals surface area (Å²) < 4.78 is 1.08. The molecule has 1 N–H and O–H groups in total. The van der Waals surface area contributed by atoms with Crippen LogP contribution in [0.1, 0.15) is 55.6 Å². The van der Waals surface area contributed by atoms with Crippen LogP contribution in [0.25, 0.3) is 0 Å². The van der Waals surface area contributed by atoms with Crippen molar-refractivity contribution in [1.82, 2.24) is 4.57 Å². The number of aromatic nitrogens is 1. The van der Waals surface area contributed by atoms with Crippen LogP contribution >= 0.6 is 0 Å². The Morgan fingerprint density at radius 2 is 1.89 bits per heavy atom. The van der Waals surface area contributed by atoms with E-state index in [0.29, 0.717) is 0 Å². The third-order valence-corrected chi connectivity index (χ3v) is 2.80. The Balaban J connectivity index is 3.89. The number of aromatic carboxylic acids is 1. The minimum Gasteiger partial charge on any atom is -0.477 e. The molecule has 0 unspecified atom stereocenters. The van der Waals surface area contributed by atoms with Gasteiger partial charge in [0.25, 0.3) is 11.2 Å². The Labute approximate surface area is 109 Å². The van der Waals surface area contributed by atoms with Gasteiger partial charge in [-0.2, -0.15) is 0 Å². The fourth-order valence-corrected chi connectivity index (χ4v) is 1.95. The largest absolute Gasteiger partial charge is 0.477 e. The molecule has 1 aromatic rings. The molecule has 7 nitrogen and oxygen atoms in total. The van der Waals surface area contributed by atoms with Gasteiger partial charge in [-0.3, -0.25) is 14.9 Å². The van der Waals surface area contributed by atoms with E-state index in [4.69, 9.17) is 0 Å². The van der Waals surface area contributed by atoms with E-state index in [1.165, 1.54) is 0 Å². The minimum atomic E-state index is -1.44. The van der Waals surface area contributed by atoms with E-state index in [2.05, 4.69) is 0 Å². The monoisotopic (exact) mass is 268 g/mol. The number of hydrogen-bond acceptors (Lipinski definition) is 4. The molecule has 104 valence electrons. The highest BCUT2D eigenvalue weighted by Gasteiger charge is 2.29. The van der Waals surface area contributed by atoms with Crippen LogP contribution in [0.5, 0.6) is 0 Å². The Kier molecular flexibility index (Phi) is 4.08. The van der Waals surface area contributed by atoms with Gasteiger partial charge in [0, 0.05) is 6.04 Å². The van der Waals surface area contributed by atoms with Crippen LogP contribution in [0.15, 0.2) is 11.0 Å². The summed E-state index contributed by atoms with van der Waals surface area (Å²) in [5, 5.41) is 20.3. The van der Waals surface area contributed by atoms with Crippen LogP contribution in [0.4, 0.5) is 5.69 Å². The summed E-state index contributed by atoms with van der Waals surface area (Å²) in [4.78, 5) is 33.8. The molecule has 0 saturated carbocycles. The Morgan fingerprint density at radius 3 is 2.21 bits per heavy atom. The van der Waals surface area contributed by atoms with E-state index < -0.39 is 27.9 Å². The normalized spacial score (nSPS) is 11.1. The third-order valence-electron chi connectivity index (χ3n) is 2.80. The first-order valence-corrected chi connectivity index (χ1v) is 5.85. The molecule has 0 amide bonds. The van der Waals surface area contributed by atoms with E-state index >= 15 is 0 Å². The molecule has 7 heteroatoms. The van der Waals surface area contributed by atoms with E-state index in [0.717, 1.165) is 10.8 Å². The van der Waals surface area contributed by atoms with Crippen LogP contribution in [0.3, 0.4) is 0 Å². The fraction of sp³-hybridized carbons (Fsp3) is 0.500. The average Bonchev–Trinajstić information content (AvgIpc) is 2.26. The zero-order chi connectivity index (χ0) is 14.9. The lowest BCUT2D eigenvalue weighted by atomic mass is 9.96. The van der Waals surface area contributed by atoms with Crippen molar-refractivity contribution in [3.8, 4) is 0 Å². The lowest BCUT2D eigenvalue weighted by molar-refractivity contribution is -0.386. The van der Waals surface area contributed by atoms with Gasteiger partial charge in [0.05, 0.1) is 16.7 Å². The molecule has 0 bridgehead atoms. The fourth-order valence-electron chi connectivity index (χ4n) is 1.95. The molecule has 0 aliphatic carbocycles. The lowest BCUT2D eigenvalue weighted by Crippen LogP contribution is -2.30. The number of nitro groups is 1. The van der Waals surface area contributed by atoms with Gasteiger partial charge < -0.3 is 9.67 Å². The highest BCUT2D eigenvalue weighted by Crippen LogP contribution is 2.28. The highest BCUT2D eigenvalue weighted by molar-refractivity contribution is 5.90. The predicted octanol–water partition coefficient (Wildman–Crippen LogP) is 2.16. The van der Waals surface area contributed by atoms with Crippen molar-refractivity contribution in [1.29, 1.82) is 0 Å². The standard InChI is InChI=1S/C12H16N2O5/c1-6(2)9-8(14(18)19)5-13(7(3)4)11(15)10(9)12(16)17/h5-7H,1-4H3,(H,16,17). The number of carbonyl (C=O) groups is 1. The van der Waals surface area contributed by atoms with Gasteiger partial charge in [-0.1, -0.05) is 13.8 Å². The topological polar surface area (TPSA) is 102 Å². The number of pyridine rings is 1. The molecular formula is C12H16N2O5. The van der Waals surface area contributed by atoms with E-state index in [1.807, 2.05) is 0 Å². The first-order chi connectivity index (χ1) is 8.68. The van der Waals surface area contributed by atoms with Crippen molar-refractivity contribution < 1.29 is 14.8 Å². The average molecular weight is 268 g/mol. The molecule has 0 spiro atoms. The van der Waals surface area contributed by atoms with Crippen LogP contribution < -0.4 is 5.56 Å². The SMILES string of the molecule is CC(C)c1c([N+](=O)[O-])cn(C(C)C)c(=O)c1C(=O)O. The number of carboxylic acids is 1. The summed E-state index contributed by atoms with van der Waals surface area (Å²) in [5.41, 5.74) is -1.59. The summed E-state index contributed by atoms with van der Waals surface area (Å²) in [6.45, 7) is 6.56. The summed E-state index contributed by atoms with van der Waals surface area (Å²) >= 11 is 0. The van der Waals surface area contributed by atoms with Crippen LogP contribution in [0.2, 0.25) is 0 Å². The number of nitrogens with zero attached hydrogens (tertiary/aromatic N) is 2. The predicted molar refractivity (Wildman–Crippen MR) is 68.8 cm³/mol. The Morgan fingerprint density at radius 1 is 1.37 bits per heavy atom. The minimum absolute atomic E-state index is 0.0283. The molecule has 0 aliphatic heterocycles. The van der Waals surface area contributed by atoms with Crippen molar-refractivity contribution >= 4 is 11.7 Å². The quantitative estimate of drug-likeness (QED) is 0.665. The van der Waals surface area contributed by atoms with Crippen molar-refractivity contribution in [2.24, 2.45) is 0 Å². The molecular weight excluding hydrogens is 252 g/mol. The van der Waals surface area contributed by atoms with Gasteiger partial charge >= 0.3 is 5.97 Å².